The van der Waals surface area contributed by atoms with Crippen molar-refractivity contribution < 1.29 is 14.5 Å². The summed E-state index contributed by atoms with van der Waals surface area (Å²) < 4.78 is 4.98. The molecule has 0 amide bonds. The molecule has 0 saturated carbocycles. The minimum absolute atomic E-state index is 0.0750. The number of hydrogen-bond acceptors (Lipinski definition) is 4. The van der Waals surface area contributed by atoms with Crippen LogP contribution in [-0.2, 0) is 4.74 Å². The summed E-state index contributed by atoms with van der Waals surface area (Å²) in [5, 5.41) is 10.4. The Labute approximate surface area is 103 Å². The lowest BCUT2D eigenvalue weighted by atomic mass is 10.2. The number of nitro groups is 1. The van der Waals surface area contributed by atoms with Gasteiger partial charge in [-0.3, -0.25) is 10.1 Å². The fourth-order valence-corrected chi connectivity index (χ4v) is 1.36. The molecule has 0 fully saturated rings. The van der Waals surface area contributed by atoms with Gasteiger partial charge in [0.15, 0.2) is 0 Å². The maximum absolute atomic E-state index is 11.5. The standard InChI is InChI=1S/C11H12ClNO4/c1-7(2)6-17-11(14)8-3-4-10(13(15)16)9(12)5-8/h3-5,7H,6H2,1-2H3. The Morgan fingerprint density at radius 3 is 2.65 bits per heavy atom. The first-order chi connectivity index (χ1) is 7.91. The molecule has 0 spiro atoms. The monoisotopic (exact) mass is 257 g/mol. The second-order valence-corrected chi connectivity index (χ2v) is 4.32. The molecule has 0 aromatic heterocycles. The highest BCUT2D eigenvalue weighted by Gasteiger charge is 2.16. The van der Waals surface area contributed by atoms with Crippen LogP contribution >= 0.6 is 11.6 Å². The first-order valence-electron chi connectivity index (χ1n) is 5.03. The highest BCUT2D eigenvalue weighted by Crippen LogP contribution is 2.25. The predicted octanol–water partition coefficient (Wildman–Crippen LogP) is 3.06. The molecule has 1 aromatic carbocycles. The molecule has 0 heterocycles. The van der Waals surface area contributed by atoms with Crippen LogP contribution in [0.2, 0.25) is 5.02 Å². The molecule has 0 aliphatic heterocycles. The smallest absolute Gasteiger partial charge is 0.338 e. The average Bonchev–Trinajstić information content (AvgIpc) is 2.25. The molecular weight excluding hydrogens is 246 g/mol. The van der Waals surface area contributed by atoms with Gasteiger partial charge < -0.3 is 4.74 Å². The number of esters is 1. The Hall–Kier alpha value is -1.62. The topological polar surface area (TPSA) is 69.4 Å². The summed E-state index contributed by atoms with van der Waals surface area (Å²) in [6.45, 7) is 4.12. The van der Waals surface area contributed by atoms with E-state index in [4.69, 9.17) is 16.3 Å². The number of ether oxygens (including phenoxy) is 1. The van der Waals surface area contributed by atoms with Gasteiger partial charge in [-0.15, -0.1) is 0 Å². The van der Waals surface area contributed by atoms with Gasteiger partial charge in [0.2, 0.25) is 0 Å². The molecule has 6 heteroatoms. The molecule has 0 atom stereocenters. The molecule has 0 aliphatic rings. The van der Waals surface area contributed by atoms with Crippen molar-refractivity contribution in [1.82, 2.24) is 0 Å². The Bertz CT molecular complexity index is 445. The number of benzene rings is 1. The SMILES string of the molecule is CC(C)COC(=O)c1ccc([N+](=O)[O-])c(Cl)c1. The molecule has 0 radical (unpaired) electrons. The van der Waals surface area contributed by atoms with E-state index in [9.17, 15) is 14.9 Å². The van der Waals surface area contributed by atoms with Gasteiger partial charge in [-0.2, -0.15) is 0 Å². The number of carbonyl (C=O) groups is 1. The van der Waals surface area contributed by atoms with Crippen molar-refractivity contribution in [2.24, 2.45) is 5.92 Å². The van der Waals surface area contributed by atoms with Crippen molar-refractivity contribution in [3.05, 3.63) is 38.9 Å². The first kappa shape index (κ1) is 13.4. The van der Waals surface area contributed by atoms with Crippen molar-refractivity contribution in [3.8, 4) is 0 Å². The van der Waals surface area contributed by atoms with Crippen LogP contribution in [0.25, 0.3) is 0 Å². The van der Waals surface area contributed by atoms with E-state index >= 15 is 0 Å². The molecule has 17 heavy (non-hydrogen) atoms. The first-order valence-corrected chi connectivity index (χ1v) is 5.40. The van der Waals surface area contributed by atoms with E-state index in [1.165, 1.54) is 18.2 Å². The van der Waals surface area contributed by atoms with Crippen LogP contribution in [0.15, 0.2) is 18.2 Å². The summed E-state index contributed by atoms with van der Waals surface area (Å²) in [5.74, 6) is -0.303. The van der Waals surface area contributed by atoms with Gasteiger partial charge in [0.25, 0.3) is 5.69 Å². The van der Waals surface area contributed by atoms with Gasteiger partial charge in [-0.1, -0.05) is 25.4 Å². The van der Waals surface area contributed by atoms with Gasteiger partial charge >= 0.3 is 5.97 Å². The average molecular weight is 258 g/mol. The lowest BCUT2D eigenvalue weighted by Crippen LogP contribution is -2.10. The van der Waals surface area contributed by atoms with Crippen LogP contribution in [-0.4, -0.2) is 17.5 Å². The van der Waals surface area contributed by atoms with Crippen LogP contribution in [0.1, 0.15) is 24.2 Å². The minimum atomic E-state index is -0.606. The number of halogens is 1. The van der Waals surface area contributed by atoms with E-state index < -0.39 is 10.9 Å². The molecule has 5 nitrogen and oxygen atoms in total. The number of nitrogens with zero attached hydrogens (tertiary/aromatic N) is 1. The van der Waals surface area contributed by atoms with E-state index in [1.807, 2.05) is 13.8 Å². The maximum Gasteiger partial charge on any atom is 0.338 e. The molecule has 0 aliphatic carbocycles. The van der Waals surface area contributed by atoms with E-state index in [1.54, 1.807) is 0 Å². The molecule has 0 saturated heterocycles. The molecular formula is C11H12ClNO4. The van der Waals surface area contributed by atoms with Gasteiger partial charge in [0, 0.05) is 6.07 Å². The van der Waals surface area contributed by atoms with Crippen LogP contribution in [0.5, 0.6) is 0 Å². The Balaban J connectivity index is 2.83. The zero-order valence-corrected chi connectivity index (χ0v) is 10.2. The predicted molar refractivity (Wildman–Crippen MR) is 63.2 cm³/mol. The molecule has 92 valence electrons. The van der Waals surface area contributed by atoms with E-state index in [-0.39, 0.29) is 22.2 Å². The third-order valence-corrected chi connectivity index (χ3v) is 2.23. The lowest BCUT2D eigenvalue weighted by Gasteiger charge is -2.07. The van der Waals surface area contributed by atoms with Crippen LogP contribution in [0.3, 0.4) is 0 Å². The highest BCUT2D eigenvalue weighted by molar-refractivity contribution is 6.33. The highest BCUT2D eigenvalue weighted by atomic mass is 35.5. The van der Waals surface area contributed by atoms with Crippen LogP contribution in [0.4, 0.5) is 5.69 Å². The number of carbonyl (C=O) groups excluding carboxylic acids is 1. The third kappa shape index (κ3) is 3.71. The Kier molecular flexibility index (Phi) is 4.45. The molecule has 0 unspecified atom stereocenters. The lowest BCUT2D eigenvalue weighted by molar-refractivity contribution is -0.384. The number of rotatable bonds is 4. The molecule has 0 N–H and O–H groups in total. The van der Waals surface area contributed by atoms with Crippen molar-refractivity contribution in [2.75, 3.05) is 6.61 Å². The van der Waals surface area contributed by atoms with E-state index in [0.29, 0.717) is 6.61 Å². The van der Waals surface area contributed by atoms with Crippen molar-refractivity contribution in [3.63, 3.8) is 0 Å². The van der Waals surface area contributed by atoms with Crippen molar-refractivity contribution in [2.45, 2.75) is 13.8 Å². The van der Waals surface area contributed by atoms with Gasteiger partial charge in [0.1, 0.15) is 5.02 Å². The fraction of sp³-hybridized carbons (Fsp3) is 0.364. The van der Waals surface area contributed by atoms with E-state index in [0.717, 1.165) is 0 Å². The zero-order valence-electron chi connectivity index (χ0n) is 9.47. The summed E-state index contributed by atoms with van der Waals surface area (Å²) in [6.07, 6.45) is 0. The quantitative estimate of drug-likeness (QED) is 0.472. The normalized spacial score (nSPS) is 10.4. The van der Waals surface area contributed by atoms with Gasteiger partial charge in [0.05, 0.1) is 17.1 Å². The van der Waals surface area contributed by atoms with E-state index in [2.05, 4.69) is 0 Å². The second kappa shape index (κ2) is 5.63. The minimum Gasteiger partial charge on any atom is -0.462 e. The molecule has 1 rings (SSSR count). The van der Waals surface area contributed by atoms with Crippen molar-refractivity contribution >= 4 is 23.3 Å². The molecule has 1 aromatic rings. The van der Waals surface area contributed by atoms with Crippen molar-refractivity contribution in [1.29, 1.82) is 0 Å². The Morgan fingerprint density at radius 1 is 1.53 bits per heavy atom. The Morgan fingerprint density at radius 2 is 2.18 bits per heavy atom. The second-order valence-electron chi connectivity index (χ2n) is 3.92. The third-order valence-electron chi connectivity index (χ3n) is 1.93. The summed E-state index contributed by atoms with van der Waals surface area (Å²) >= 11 is 5.68. The summed E-state index contributed by atoms with van der Waals surface area (Å²) in [7, 11) is 0. The van der Waals surface area contributed by atoms with Crippen LogP contribution < -0.4 is 0 Å². The number of nitro benzene ring substituents is 1. The maximum atomic E-state index is 11.5. The largest absolute Gasteiger partial charge is 0.462 e. The van der Waals surface area contributed by atoms with Gasteiger partial charge in [-0.05, 0) is 18.1 Å². The summed E-state index contributed by atoms with van der Waals surface area (Å²) in [5.41, 5.74) is -0.0201. The molecule has 0 bridgehead atoms. The summed E-state index contributed by atoms with van der Waals surface area (Å²) in [6, 6.07) is 3.75. The zero-order chi connectivity index (χ0) is 13.0. The number of hydrogen-bond donors (Lipinski definition) is 0. The van der Waals surface area contributed by atoms with Gasteiger partial charge in [-0.25, -0.2) is 4.79 Å². The van der Waals surface area contributed by atoms with Crippen LogP contribution in [0, 0.1) is 16.0 Å². The fourth-order valence-electron chi connectivity index (χ4n) is 1.11. The summed E-state index contributed by atoms with van der Waals surface area (Å²) in [4.78, 5) is 21.4.